The van der Waals surface area contributed by atoms with E-state index in [9.17, 15) is 14.0 Å². The minimum absolute atomic E-state index is 0.0643. The smallest absolute Gasteiger partial charge is 0.320 e. The minimum atomic E-state index is -0.284. The molecule has 2 saturated heterocycles. The summed E-state index contributed by atoms with van der Waals surface area (Å²) >= 11 is 1.55. The molecular weight excluding hydrogens is 357 g/mol. The number of hydrogen-bond donors (Lipinski definition) is 0. The number of hydrogen-bond acceptors (Lipinski definition) is 6. The number of rotatable bonds is 4. The first kappa shape index (κ1) is 19.0. The molecule has 6 nitrogen and oxygen atoms in total. The molecule has 2 aliphatic heterocycles. The number of methoxy groups -OCH3 is 1. The second-order valence-electron chi connectivity index (χ2n) is 6.46. The van der Waals surface area contributed by atoms with Crippen LogP contribution < -0.4 is 4.90 Å². The Morgan fingerprint density at radius 1 is 1.15 bits per heavy atom. The van der Waals surface area contributed by atoms with E-state index in [1.165, 1.54) is 19.2 Å². The van der Waals surface area contributed by atoms with Crippen molar-refractivity contribution < 1.29 is 18.7 Å². The van der Waals surface area contributed by atoms with Crippen molar-refractivity contribution in [2.45, 2.75) is 5.25 Å². The van der Waals surface area contributed by atoms with E-state index in [0.717, 1.165) is 37.6 Å². The zero-order valence-electron chi connectivity index (χ0n) is 14.9. The topological polar surface area (TPSA) is 53.1 Å². The van der Waals surface area contributed by atoms with Crippen LogP contribution in [0.15, 0.2) is 24.3 Å². The number of carbonyl (C=O) groups excluding carboxylic acids is 2. The largest absolute Gasteiger partial charge is 0.468 e. The van der Waals surface area contributed by atoms with Gasteiger partial charge >= 0.3 is 5.97 Å². The van der Waals surface area contributed by atoms with E-state index in [0.29, 0.717) is 19.6 Å². The zero-order chi connectivity index (χ0) is 18.5. The number of thioether (sulfide) groups is 1. The van der Waals surface area contributed by atoms with Gasteiger partial charge in [0.15, 0.2) is 0 Å². The second kappa shape index (κ2) is 8.73. The number of carbonyl (C=O) groups is 2. The number of ether oxygens (including phenoxy) is 1. The Balaban J connectivity index is 1.47. The van der Waals surface area contributed by atoms with Gasteiger partial charge in [-0.05, 0) is 24.3 Å². The fraction of sp³-hybridized carbons (Fsp3) is 0.556. The highest BCUT2D eigenvalue weighted by molar-refractivity contribution is 8.00. The summed E-state index contributed by atoms with van der Waals surface area (Å²) in [5.41, 5.74) is 1.01. The van der Waals surface area contributed by atoms with Crippen LogP contribution in [0.3, 0.4) is 0 Å². The maximum Gasteiger partial charge on any atom is 0.320 e. The van der Waals surface area contributed by atoms with Crippen molar-refractivity contribution in [1.29, 1.82) is 0 Å². The lowest BCUT2D eigenvalue weighted by Crippen LogP contribution is -2.52. The normalized spacial score (nSPS) is 21.5. The molecule has 0 saturated carbocycles. The van der Waals surface area contributed by atoms with Crippen LogP contribution in [-0.2, 0) is 14.3 Å². The zero-order valence-corrected chi connectivity index (χ0v) is 15.7. The molecule has 1 aromatic carbocycles. The summed E-state index contributed by atoms with van der Waals surface area (Å²) in [7, 11) is 1.38. The molecular formula is C18H24FN3O3S. The molecule has 1 atom stereocenters. The number of halogens is 1. The molecule has 0 radical (unpaired) electrons. The van der Waals surface area contributed by atoms with Crippen LogP contribution in [0.1, 0.15) is 0 Å². The number of amides is 1. The van der Waals surface area contributed by atoms with E-state index in [4.69, 9.17) is 4.74 Å². The van der Waals surface area contributed by atoms with E-state index < -0.39 is 0 Å². The van der Waals surface area contributed by atoms with E-state index in [-0.39, 0.29) is 22.9 Å². The fourth-order valence-electron chi connectivity index (χ4n) is 3.26. The monoisotopic (exact) mass is 381 g/mol. The third kappa shape index (κ3) is 4.67. The molecule has 2 aliphatic rings. The number of benzene rings is 1. The van der Waals surface area contributed by atoms with Gasteiger partial charge in [-0.1, -0.05) is 0 Å². The van der Waals surface area contributed by atoms with Gasteiger partial charge in [-0.3, -0.25) is 14.5 Å². The molecule has 2 heterocycles. The van der Waals surface area contributed by atoms with Crippen molar-refractivity contribution in [2.75, 3.05) is 63.6 Å². The average molecular weight is 381 g/mol. The number of piperazine rings is 1. The minimum Gasteiger partial charge on any atom is -0.468 e. The Morgan fingerprint density at radius 2 is 1.85 bits per heavy atom. The molecule has 1 amide bonds. The van der Waals surface area contributed by atoms with Crippen LogP contribution in [0.2, 0.25) is 0 Å². The predicted octanol–water partition coefficient (Wildman–Crippen LogP) is 1.06. The van der Waals surface area contributed by atoms with Gasteiger partial charge in [0, 0.05) is 50.7 Å². The maximum absolute atomic E-state index is 13.0. The summed E-state index contributed by atoms with van der Waals surface area (Å²) in [4.78, 5) is 30.4. The SMILES string of the molecule is COC(=O)[C@@H]1CN(C(=O)CN2CCN(c3ccc(F)cc3)CC2)CCS1. The van der Waals surface area contributed by atoms with Crippen LogP contribution in [0.25, 0.3) is 0 Å². The summed E-state index contributed by atoms with van der Waals surface area (Å²) in [6.07, 6.45) is 0. The number of nitrogens with zero attached hydrogens (tertiary/aromatic N) is 3. The van der Waals surface area contributed by atoms with Gasteiger partial charge in [0.1, 0.15) is 11.1 Å². The van der Waals surface area contributed by atoms with Crippen molar-refractivity contribution in [3.05, 3.63) is 30.1 Å². The summed E-state index contributed by atoms with van der Waals surface area (Å²) in [6, 6.07) is 6.51. The lowest BCUT2D eigenvalue weighted by molar-refractivity contribution is -0.141. The Bertz CT molecular complexity index is 635. The van der Waals surface area contributed by atoms with Crippen LogP contribution in [0, 0.1) is 5.82 Å². The van der Waals surface area contributed by atoms with Crippen LogP contribution >= 0.6 is 11.8 Å². The highest BCUT2D eigenvalue weighted by Crippen LogP contribution is 2.20. The molecule has 8 heteroatoms. The molecule has 0 aromatic heterocycles. The van der Waals surface area contributed by atoms with E-state index in [2.05, 4.69) is 9.80 Å². The van der Waals surface area contributed by atoms with Gasteiger partial charge in [0.05, 0.1) is 13.7 Å². The van der Waals surface area contributed by atoms with Gasteiger partial charge in [0.25, 0.3) is 0 Å². The molecule has 1 aromatic rings. The van der Waals surface area contributed by atoms with Crippen molar-refractivity contribution in [3.8, 4) is 0 Å². The first-order chi connectivity index (χ1) is 12.6. The molecule has 142 valence electrons. The van der Waals surface area contributed by atoms with E-state index in [1.807, 2.05) is 0 Å². The van der Waals surface area contributed by atoms with E-state index in [1.54, 1.807) is 28.8 Å². The molecule has 26 heavy (non-hydrogen) atoms. The van der Waals surface area contributed by atoms with Gasteiger partial charge in [0.2, 0.25) is 5.91 Å². The molecule has 3 rings (SSSR count). The Hall–Kier alpha value is -1.80. The van der Waals surface area contributed by atoms with Gasteiger partial charge < -0.3 is 14.5 Å². The van der Waals surface area contributed by atoms with Gasteiger partial charge in [-0.2, -0.15) is 0 Å². The second-order valence-corrected chi connectivity index (χ2v) is 7.77. The predicted molar refractivity (Wildman–Crippen MR) is 99.9 cm³/mol. The van der Waals surface area contributed by atoms with Crippen LogP contribution in [0.5, 0.6) is 0 Å². The third-order valence-electron chi connectivity index (χ3n) is 4.81. The van der Waals surface area contributed by atoms with E-state index >= 15 is 0 Å². The molecule has 0 unspecified atom stereocenters. The van der Waals surface area contributed by atoms with Crippen LogP contribution in [-0.4, -0.2) is 85.6 Å². The Labute approximate surface area is 157 Å². The number of anilines is 1. The molecule has 0 aliphatic carbocycles. The highest BCUT2D eigenvalue weighted by Gasteiger charge is 2.30. The molecule has 0 bridgehead atoms. The first-order valence-electron chi connectivity index (χ1n) is 8.77. The summed E-state index contributed by atoms with van der Waals surface area (Å²) in [6.45, 7) is 4.64. The lowest BCUT2D eigenvalue weighted by atomic mass is 10.2. The number of esters is 1. The van der Waals surface area contributed by atoms with Crippen molar-refractivity contribution in [1.82, 2.24) is 9.80 Å². The highest BCUT2D eigenvalue weighted by atomic mass is 32.2. The Morgan fingerprint density at radius 3 is 2.50 bits per heavy atom. The van der Waals surface area contributed by atoms with Gasteiger partial charge in [-0.15, -0.1) is 11.8 Å². The molecule has 2 fully saturated rings. The summed E-state index contributed by atoms with van der Waals surface area (Å²) < 4.78 is 17.8. The summed E-state index contributed by atoms with van der Waals surface area (Å²) in [5, 5.41) is -0.284. The third-order valence-corrected chi connectivity index (χ3v) is 5.97. The van der Waals surface area contributed by atoms with Gasteiger partial charge in [-0.25, -0.2) is 4.39 Å². The Kier molecular flexibility index (Phi) is 6.37. The van der Waals surface area contributed by atoms with Crippen molar-refractivity contribution >= 4 is 29.3 Å². The first-order valence-corrected chi connectivity index (χ1v) is 9.82. The van der Waals surface area contributed by atoms with Crippen molar-refractivity contribution in [3.63, 3.8) is 0 Å². The maximum atomic E-state index is 13.0. The molecule has 0 spiro atoms. The quantitative estimate of drug-likeness (QED) is 0.727. The summed E-state index contributed by atoms with van der Waals surface area (Å²) in [5.74, 6) is 0.321. The molecule has 0 N–H and O–H groups in total. The average Bonchev–Trinajstić information content (AvgIpc) is 2.68. The standard InChI is InChI=1S/C18H24FN3O3S/c1-25-18(24)16-12-22(10-11-26-16)17(23)13-20-6-8-21(9-7-20)15-4-2-14(19)3-5-15/h2-5,16H,6-13H2,1H3/t16-/m0/s1. The van der Waals surface area contributed by atoms with Crippen LogP contribution in [0.4, 0.5) is 10.1 Å². The lowest BCUT2D eigenvalue weighted by Gasteiger charge is -2.37. The fourth-order valence-corrected chi connectivity index (χ4v) is 4.39. The van der Waals surface area contributed by atoms with Crippen molar-refractivity contribution in [2.24, 2.45) is 0 Å².